The number of ether oxygens (including phenoxy) is 2. The molecule has 34 heavy (non-hydrogen) atoms. The van der Waals surface area contributed by atoms with Gasteiger partial charge in [-0.3, -0.25) is 14.5 Å². The summed E-state index contributed by atoms with van der Waals surface area (Å²) in [6.07, 6.45) is 0. The lowest BCUT2D eigenvalue weighted by Gasteiger charge is -2.26. The van der Waals surface area contributed by atoms with E-state index in [0.29, 0.717) is 38.9 Å². The molecule has 4 aromatic rings. The van der Waals surface area contributed by atoms with Crippen molar-refractivity contribution in [3.8, 4) is 5.75 Å². The lowest BCUT2D eigenvalue weighted by atomic mass is 10.1. The standard InChI is InChI=1S/C23H24N6O4S/c1-32-19-5-3-2-4-17(19)25-22-27-29-21(31)16-7-6-15(14-18(16)26-23(29)34-22)20(30)24-8-9-28-10-12-33-13-11-28/h2-7,14H,8-13H2,1H3,(H,24,30)(H,25,27). The highest BCUT2D eigenvalue weighted by Gasteiger charge is 2.15. The number of morpholine rings is 1. The van der Waals surface area contributed by atoms with Crippen LogP contribution in [0.4, 0.5) is 10.8 Å². The normalized spacial score (nSPS) is 14.4. The Morgan fingerprint density at radius 1 is 1.21 bits per heavy atom. The lowest BCUT2D eigenvalue weighted by Crippen LogP contribution is -2.41. The highest BCUT2D eigenvalue weighted by Crippen LogP contribution is 2.29. The Hall–Kier alpha value is -3.54. The number of benzene rings is 2. The maximum absolute atomic E-state index is 13.0. The molecule has 1 amide bonds. The van der Waals surface area contributed by atoms with Crippen LogP contribution in [0.3, 0.4) is 0 Å². The van der Waals surface area contributed by atoms with E-state index >= 15 is 0 Å². The SMILES string of the molecule is COc1ccccc1Nc1nn2c(=O)c3ccc(C(=O)NCCN4CCOCC4)cc3nc2s1. The van der Waals surface area contributed by atoms with Crippen LogP contribution in [0.1, 0.15) is 10.4 Å². The van der Waals surface area contributed by atoms with Crippen LogP contribution in [0.2, 0.25) is 0 Å². The van der Waals surface area contributed by atoms with E-state index in [-0.39, 0.29) is 11.5 Å². The van der Waals surface area contributed by atoms with Crippen molar-refractivity contribution in [2.75, 3.05) is 51.8 Å². The summed E-state index contributed by atoms with van der Waals surface area (Å²) in [5, 5.41) is 11.4. The number of amides is 1. The molecule has 2 N–H and O–H groups in total. The van der Waals surface area contributed by atoms with Crippen LogP contribution in [0.25, 0.3) is 15.9 Å². The maximum atomic E-state index is 13.0. The topological polar surface area (TPSA) is 110 Å². The summed E-state index contributed by atoms with van der Waals surface area (Å²) in [6, 6.07) is 12.4. The number of carbonyl (C=O) groups is 1. The Labute approximate surface area is 199 Å². The molecule has 2 aromatic heterocycles. The smallest absolute Gasteiger partial charge is 0.283 e. The summed E-state index contributed by atoms with van der Waals surface area (Å²) >= 11 is 1.24. The average molecular weight is 481 g/mol. The van der Waals surface area contributed by atoms with E-state index in [1.165, 1.54) is 15.9 Å². The van der Waals surface area contributed by atoms with Gasteiger partial charge >= 0.3 is 0 Å². The summed E-state index contributed by atoms with van der Waals surface area (Å²) in [7, 11) is 1.59. The average Bonchev–Trinajstić information content (AvgIpc) is 3.27. The molecule has 1 fully saturated rings. The van der Waals surface area contributed by atoms with E-state index in [9.17, 15) is 9.59 Å². The van der Waals surface area contributed by atoms with Gasteiger partial charge in [0, 0.05) is 31.7 Å². The van der Waals surface area contributed by atoms with Crippen molar-refractivity contribution in [1.29, 1.82) is 0 Å². The zero-order valence-electron chi connectivity index (χ0n) is 18.6. The van der Waals surface area contributed by atoms with Crippen LogP contribution < -0.4 is 20.9 Å². The summed E-state index contributed by atoms with van der Waals surface area (Å²) < 4.78 is 12.0. The van der Waals surface area contributed by atoms with E-state index in [4.69, 9.17) is 9.47 Å². The first-order chi connectivity index (χ1) is 16.6. The number of para-hydroxylation sites is 2. The van der Waals surface area contributed by atoms with Gasteiger partial charge in [0.25, 0.3) is 11.5 Å². The van der Waals surface area contributed by atoms with Gasteiger partial charge in [-0.15, -0.1) is 5.10 Å². The number of fused-ring (bicyclic) bond motifs is 2. The molecule has 11 heteroatoms. The zero-order chi connectivity index (χ0) is 23.5. The number of rotatable bonds is 7. The second-order valence-corrected chi connectivity index (χ2v) is 8.74. The Balaban J connectivity index is 1.36. The van der Waals surface area contributed by atoms with Gasteiger partial charge in [0.15, 0.2) is 0 Å². The van der Waals surface area contributed by atoms with Gasteiger partial charge in [0.1, 0.15) is 5.75 Å². The van der Waals surface area contributed by atoms with Gasteiger partial charge in [-0.05, 0) is 30.3 Å². The van der Waals surface area contributed by atoms with Crippen molar-refractivity contribution in [2.24, 2.45) is 0 Å². The molecule has 0 aliphatic carbocycles. The van der Waals surface area contributed by atoms with Crippen molar-refractivity contribution in [2.45, 2.75) is 0 Å². The molecule has 0 spiro atoms. The zero-order valence-corrected chi connectivity index (χ0v) is 19.4. The first-order valence-electron chi connectivity index (χ1n) is 10.9. The van der Waals surface area contributed by atoms with E-state index in [1.54, 1.807) is 25.3 Å². The third-order valence-corrected chi connectivity index (χ3v) is 6.45. The van der Waals surface area contributed by atoms with Gasteiger partial charge in [-0.25, -0.2) is 4.98 Å². The predicted octanol–water partition coefficient (Wildman–Crippen LogP) is 2.12. The van der Waals surface area contributed by atoms with Crippen molar-refractivity contribution in [3.63, 3.8) is 0 Å². The number of hydrogen-bond acceptors (Lipinski definition) is 9. The number of carbonyl (C=O) groups excluding carboxylic acids is 1. The molecule has 1 aliphatic heterocycles. The minimum Gasteiger partial charge on any atom is -0.495 e. The van der Waals surface area contributed by atoms with Crippen LogP contribution in [0.15, 0.2) is 47.3 Å². The minimum atomic E-state index is -0.288. The summed E-state index contributed by atoms with van der Waals surface area (Å²) in [5.74, 6) is 0.469. The van der Waals surface area contributed by atoms with Gasteiger partial charge in [0.05, 0.1) is 36.9 Å². The van der Waals surface area contributed by atoms with Crippen LogP contribution >= 0.6 is 11.3 Å². The lowest BCUT2D eigenvalue weighted by molar-refractivity contribution is 0.0383. The molecule has 176 valence electrons. The van der Waals surface area contributed by atoms with Gasteiger partial charge in [0.2, 0.25) is 10.1 Å². The number of anilines is 2. The fourth-order valence-corrected chi connectivity index (χ4v) is 4.63. The second-order valence-electron chi connectivity index (χ2n) is 7.79. The maximum Gasteiger partial charge on any atom is 0.283 e. The van der Waals surface area contributed by atoms with Crippen LogP contribution in [0, 0.1) is 0 Å². The van der Waals surface area contributed by atoms with Crippen LogP contribution in [-0.2, 0) is 4.74 Å². The van der Waals surface area contributed by atoms with E-state index < -0.39 is 0 Å². The van der Waals surface area contributed by atoms with E-state index in [0.717, 1.165) is 38.5 Å². The van der Waals surface area contributed by atoms with Gasteiger partial charge < -0.3 is 20.1 Å². The summed E-state index contributed by atoms with van der Waals surface area (Å²) in [4.78, 5) is 32.9. The Morgan fingerprint density at radius 3 is 2.85 bits per heavy atom. The molecule has 0 atom stereocenters. The first-order valence-corrected chi connectivity index (χ1v) is 11.8. The Morgan fingerprint density at radius 2 is 2.03 bits per heavy atom. The first kappa shape index (κ1) is 22.3. The third kappa shape index (κ3) is 4.58. The molecule has 1 saturated heterocycles. The summed E-state index contributed by atoms with van der Waals surface area (Å²) in [5.41, 5.74) is 1.36. The van der Waals surface area contributed by atoms with E-state index in [1.807, 2.05) is 24.3 Å². The van der Waals surface area contributed by atoms with Crippen molar-refractivity contribution < 1.29 is 14.3 Å². The van der Waals surface area contributed by atoms with Gasteiger partial charge in [-0.1, -0.05) is 23.5 Å². The summed E-state index contributed by atoms with van der Waals surface area (Å²) in [6.45, 7) is 4.51. The fourth-order valence-electron chi connectivity index (χ4n) is 3.82. The third-order valence-electron chi connectivity index (χ3n) is 5.62. The molecule has 0 bridgehead atoms. The number of aromatic nitrogens is 3. The van der Waals surface area contributed by atoms with Gasteiger partial charge in [-0.2, -0.15) is 4.52 Å². The molecule has 10 nitrogen and oxygen atoms in total. The molecule has 3 heterocycles. The predicted molar refractivity (Wildman–Crippen MR) is 131 cm³/mol. The van der Waals surface area contributed by atoms with Crippen LogP contribution in [0.5, 0.6) is 5.75 Å². The quantitative estimate of drug-likeness (QED) is 0.414. The van der Waals surface area contributed by atoms with E-state index in [2.05, 4.69) is 25.6 Å². The number of nitrogens with one attached hydrogen (secondary N) is 2. The van der Waals surface area contributed by atoms with Crippen molar-refractivity contribution in [3.05, 3.63) is 58.4 Å². The number of methoxy groups -OCH3 is 1. The largest absolute Gasteiger partial charge is 0.495 e. The molecule has 0 saturated carbocycles. The van der Waals surface area contributed by atoms with Crippen molar-refractivity contribution >= 4 is 43.9 Å². The Bertz CT molecular complexity index is 1400. The molecule has 1 aliphatic rings. The minimum absolute atomic E-state index is 0.194. The molecule has 5 rings (SSSR count). The Kier molecular flexibility index (Phi) is 6.39. The monoisotopic (exact) mass is 480 g/mol. The van der Waals surface area contributed by atoms with Crippen molar-refractivity contribution in [1.82, 2.24) is 24.8 Å². The second kappa shape index (κ2) is 9.75. The fraction of sp³-hybridized carbons (Fsp3) is 0.304. The molecular formula is C23H24N6O4S. The molecular weight excluding hydrogens is 456 g/mol. The number of hydrogen-bond donors (Lipinski definition) is 2. The number of nitrogens with zero attached hydrogens (tertiary/aromatic N) is 4. The molecule has 0 unspecified atom stereocenters. The molecule has 0 radical (unpaired) electrons. The molecule has 2 aromatic carbocycles. The highest BCUT2D eigenvalue weighted by molar-refractivity contribution is 7.20. The highest BCUT2D eigenvalue weighted by atomic mass is 32.1. The van der Waals surface area contributed by atoms with Crippen LogP contribution in [-0.4, -0.2) is 71.9 Å².